The second-order valence-electron chi connectivity index (χ2n) is 7.19. The lowest BCUT2D eigenvalue weighted by molar-refractivity contribution is 0.0948. The highest BCUT2D eigenvalue weighted by Gasteiger charge is 2.58. The first-order valence-electron chi connectivity index (χ1n) is 8.79. The normalized spacial score (nSPS) is 26.0. The molecule has 1 aromatic heterocycles. The number of aromatic amines is 1. The Morgan fingerprint density at radius 2 is 2.21 bits per heavy atom. The van der Waals surface area contributed by atoms with Crippen LogP contribution in [0.15, 0.2) is 18.2 Å². The van der Waals surface area contributed by atoms with E-state index in [0.29, 0.717) is 11.1 Å². The molecule has 6 nitrogen and oxygen atoms in total. The Morgan fingerprint density at radius 3 is 2.96 bits per heavy atom. The van der Waals surface area contributed by atoms with Crippen LogP contribution in [0.2, 0.25) is 0 Å². The summed E-state index contributed by atoms with van der Waals surface area (Å²) in [6, 6.07) is 5.52. The van der Waals surface area contributed by atoms with Crippen molar-refractivity contribution < 1.29 is 9.90 Å². The number of rotatable bonds is 7. The van der Waals surface area contributed by atoms with Crippen LogP contribution >= 0.6 is 0 Å². The van der Waals surface area contributed by atoms with Crippen LogP contribution in [0.4, 0.5) is 0 Å². The molecule has 0 radical (unpaired) electrons. The molecule has 6 heteroatoms. The summed E-state index contributed by atoms with van der Waals surface area (Å²) in [6.07, 6.45) is 5.30. The van der Waals surface area contributed by atoms with E-state index in [9.17, 15) is 4.79 Å². The number of nitrogens with two attached hydrogens (primary N) is 1. The predicted molar refractivity (Wildman–Crippen MR) is 91.5 cm³/mol. The Labute approximate surface area is 141 Å². The molecule has 1 amide bonds. The van der Waals surface area contributed by atoms with Crippen molar-refractivity contribution in [2.24, 2.45) is 11.7 Å². The maximum Gasteiger partial charge on any atom is 0.250 e. The molecule has 2 aromatic rings. The van der Waals surface area contributed by atoms with Crippen LogP contribution in [0.5, 0.6) is 0 Å². The van der Waals surface area contributed by atoms with Crippen molar-refractivity contribution in [2.75, 3.05) is 19.7 Å². The van der Waals surface area contributed by atoms with E-state index in [1.807, 2.05) is 12.1 Å². The van der Waals surface area contributed by atoms with Crippen molar-refractivity contribution in [1.82, 2.24) is 14.9 Å². The first-order chi connectivity index (χ1) is 11.6. The third-order valence-corrected chi connectivity index (χ3v) is 5.64. The number of nitrogens with zero attached hydrogens (tertiary/aromatic N) is 2. The van der Waals surface area contributed by atoms with Crippen LogP contribution in [0.25, 0.3) is 11.0 Å². The minimum atomic E-state index is -0.435. The highest BCUT2D eigenvalue weighted by Crippen LogP contribution is 2.56. The molecule has 1 saturated carbocycles. The Kier molecular flexibility index (Phi) is 3.81. The topological polar surface area (TPSA) is 95.2 Å². The number of hydrogen-bond donors (Lipinski definition) is 3. The summed E-state index contributed by atoms with van der Waals surface area (Å²) in [6.45, 7) is 2.43. The number of aliphatic hydroxyl groups is 1. The number of primary amides is 1. The van der Waals surface area contributed by atoms with Crippen molar-refractivity contribution in [3.8, 4) is 0 Å². The van der Waals surface area contributed by atoms with Gasteiger partial charge < -0.3 is 15.8 Å². The number of fused-ring (bicyclic) bond motifs is 2. The lowest BCUT2D eigenvalue weighted by atomic mass is 9.72. The number of H-pyrrole nitrogens is 1. The quantitative estimate of drug-likeness (QED) is 0.675. The van der Waals surface area contributed by atoms with Gasteiger partial charge in [-0.3, -0.25) is 9.69 Å². The number of imidazole rings is 1. The van der Waals surface area contributed by atoms with Gasteiger partial charge >= 0.3 is 0 Å². The number of aromatic nitrogens is 2. The molecule has 0 spiro atoms. The summed E-state index contributed by atoms with van der Waals surface area (Å²) in [7, 11) is 0. The number of benzene rings is 1. The van der Waals surface area contributed by atoms with Gasteiger partial charge in [0.15, 0.2) is 0 Å². The zero-order valence-corrected chi connectivity index (χ0v) is 13.8. The predicted octanol–water partition coefficient (Wildman–Crippen LogP) is 1.75. The highest BCUT2D eigenvalue weighted by atomic mass is 16.2. The molecule has 1 aliphatic carbocycles. The van der Waals surface area contributed by atoms with Gasteiger partial charge in [0.25, 0.3) is 5.91 Å². The first kappa shape index (κ1) is 15.6. The molecule has 4 N–H and O–H groups in total. The standard InChI is InChI=1S/C18H24N4O2/c19-16(24)13-5-4-6-14-15(13)21-17(20-14)18-9-12(10-18)11-22(18)7-2-1-3-8-23/h4-6,12,23H,1-3,7-11H2,(H2,19,24)(H,20,21). The van der Waals surface area contributed by atoms with Gasteiger partial charge in [0.2, 0.25) is 0 Å². The van der Waals surface area contributed by atoms with Crippen LogP contribution in [-0.2, 0) is 5.54 Å². The molecule has 128 valence electrons. The van der Waals surface area contributed by atoms with E-state index in [-0.39, 0.29) is 12.1 Å². The zero-order chi connectivity index (χ0) is 16.7. The Morgan fingerprint density at radius 1 is 1.38 bits per heavy atom. The number of amides is 1. The second-order valence-corrected chi connectivity index (χ2v) is 7.19. The molecular formula is C18H24N4O2. The summed E-state index contributed by atoms with van der Waals surface area (Å²) >= 11 is 0. The number of unbranched alkanes of at least 4 members (excludes halogenated alkanes) is 2. The van der Waals surface area contributed by atoms with Gasteiger partial charge in [-0.05, 0) is 56.7 Å². The van der Waals surface area contributed by atoms with Gasteiger partial charge in [-0.25, -0.2) is 4.98 Å². The Bertz CT molecular complexity index is 763. The molecular weight excluding hydrogens is 304 g/mol. The average molecular weight is 328 g/mol. The van der Waals surface area contributed by atoms with Crippen LogP contribution in [-0.4, -0.2) is 45.6 Å². The van der Waals surface area contributed by atoms with Gasteiger partial charge in [0.1, 0.15) is 11.3 Å². The molecule has 0 unspecified atom stereocenters. The van der Waals surface area contributed by atoms with Crippen molar-refractivity contribution in [3.63, 3.8) is 0 Å². The molecule has 3 heterocycles. The van der Waals surface area contributed by atoms with E-state index < -0.39 is 5.91 Å². The van der Waals surface area contributed by atoms with Crippen molar-refractivity contribution in [2.45, 2.75) is 37.6 Å². The summed E-state index contributed by atoms with van der Waals surface area (Å²) in [5.74, 6) is 1.30. The van der Waals surface area contributed by atoms with E-state index in [2.05, 4.69) is 9.88 Å². The summed E-state index contributed by atoms with van der Waals surface area (Å²) < 4.78 is 0. The number of para-hydroxylation sites is 1. The SMILES string of the molecule is NC(=O)c1cccc2[nH]c(C34CC(CN3CCCCCO)C4)nc12. The maximum atomic E-state index is 11.6. The monoisotopic (exact) mass is 328 g/mol. The molecule has 2 saturated heterocycles. The summed E-state index contributed by atoms with van der Waals surface area (Å²) in [4.78, 5) is 22.4. The van der Waals surface area contributed by atoms with Crippen LogP contribution in [0.1, 0.15) is 48.3 Å². The highest BCUT2D eigenvalue weighted by molar-refractivity contribution is 6.04. The molecule has 5 rings (SSSR count). The largest absolute Gasteiger partial charge is 0.396 e. The number of nitrogens with one attached hydrogen (secondary N) is 1. The lowest BCUT2D eigenvalue weighted by Gasteiger charge is -2.40. The Balaban J connectivity index is 1.61. The van der Waals surface area contributed by atoms with E-state index >= 15 is 0 Å². The van der Waals surface area contributed by atoms with Crippen LogP contribution in [0.3, 0.4) is 0 Å². The van der Waals surface area contributed by atoms with Gasteiger partial charge in [-0.2, -0.15) is 0 Å². The van der Waals surface area contributed by atoms with Gasteiger partial charge in [0.05, 0.1) is 16.6 Å². The lowest BCUT2D eigenvalue weighted by Crippen LogP contribution is -2.44. The fourth-order valence-corrected chi connectivity index (χ4v) is 4.46. The Hall–Kier alpha value is -1.92. The van der Waals surface area contributed by atoms with Crippen LogP contribution < -0.4 is 5.73 Å². The number of hydrogen-bond acceptors (Lipinski definition) is 4. The van der Waals surface area contributed by atoms with Crippen LogP contribution in [0, 0.1) is 5.92 Å². The van der Waals surface area contributed by atoms with E-state index in [4.69, 9.17) is 15.8 Å². The maximum absolute atomic E-state index is 11.6. The number of carbonyl (C=O) groups excluding carboxylic acids is 1. The first-order valence-corrected chi connectivity index (χ1v) is 8.79. The van der Waals surface area contributed by atoms with Gasteiger partial charge in [-0.1, -0.05) is 6.07 Å². The molecule has 1 aromatic carbocycles. The van der Waals surface area contributed by atoms with E-state index in [0.717, 1.165) is 62.5 Å². The summed E-state index contributed by atoms with van der Waals surface area (Å²) in [5.41, 5.74) is 7.53. The van der Waals surface area contributed by atoms with Crippen molar-refractivity contribution in [3.05, 3.63) is 29.6 Å². The number of carbonyl (C=O) groups is 1. The molecule has 2 bridgehead atoms. The van der Waals surface area contributed by atoms with E-state index in [1.54, 1.807) is 6.07 Å². The minimum absolute atomic E-state index is 0.00217. The third-order valence-electron chi connectivity index (χ3n) is 5.64. The third kappa shape index (κ3) is 2.32. The second kappa shape index (κ2) is 5.86. The average Bonchev–Trinajstić information content (AvgIpc) is 3.20. The molecule has 3 fully saturated rings. The number of aliphatic hydroxyl groups excluding tert-OH is 1. The van der Waals surface area contributed by atoms with Crippen molar-refractivity contribution >= 4 is 16.9 Å². The van der Waals surface area contributed by atoms with Gasteiger partial charge in [0, 0.05) is 13.2 Å². The zero-order valence-electron chi connectivity index (χ0n) is 13.8. The smallest absolute Gasteiger partial charge is 0.250 e. The molecule has 3 aliphatic rings. The fourth-order valence-electron chi connectivity index (χ4n) is 4.46. The summed E-state index contributed by atoms with van der Waals surface area (Å²) in [5, 5.41) is 8.93. The fraction of sp³-hybridized carbons (Fsp3) is 0.556. The molecule has 24 heavy (non-hydrogen) atoms. The molecule has 2 aliphatic heterocycles. The van der Waals surface area contributed by atoms with Crippen molar-refractivity contribution in [1.29, 1.82) is 0 Å². The van der Waals surface area contributed by atoms with E-state index in [1.165, 1.54) is 0 Å². The minimum Gasteiger partial charge on any atom is -0.396 e. The molecule has 0 atom stereocenters. The van der Waals surface area contributed by atoms with Gasteiger partial charge in [-0.15, -0.1) is 0 Å².